The van der Waals surface area contributed by atoms with Gasteiger partial charge in [-0.1, -0.05) is 11.6 Å². The molecule has 3 saturated heterocycles. The molecule has 2 aromatic heterocycles. The number of nitriles is 1. The van der Waals surface area contributed by atoms with E-state index in [2.05, 4.69) is 41.0 Å². The van der Waals surface area contributed by atoms with Gasteiger partial charge in [-0.3, -0.25) is 19.8 Å². The third-order valence-electron chi connectivity index (χ3n) is 11.8. The number of fused-ring (bicyclic) bond motifs is 1. The molecule has 16 heteroatoms. The number of halogens is 3. The van der Waals surface area contributed by atoms with Crippen LogP contribution >= 0.6 is 24.0 Å². The predicted molar refractivity (Wildman–Crippen MR) is 217 cm³/mol. The molecule has 0 bridgehead atoms. The van der Waals surface area contributed by atoms with Crippen LogP contribution in [0.4, 0.5) is 20.7 Å². The Bertz CT molecular complexity index is 2140. The number of benzene rings is 2. The minimum atomic E-state index is -0.516. The first-order valence-electron chi connectivity index (χ1n) is 19.6. The minimum absolute atomic E-state index is 0. The molecule has 4 aliphatic rings. The third-order valence-corrected chi connectivity index (χ3v) is 12.1. The molecule has 1 aliphatic carbocycles. The van der Waals surface area contributed by atoms with Gasteiger partial charge in [0, 0.05) is 75.4 Å². The maximum absolute atomic E-state index is 14.9. The van der Waals surface area contributed by atoms with Crippen LogP contribution in [0.15, 0.2) is 55.0 Å². The van der Waals surface area contributed by atoms with Gasteiger partial charge >= 0.3 is 6.03 Å². The Labute approximate surface area is 341 Å². The van der Waals surface area contributed by atoms with Crippen LogP contribution in [-0.4, -0.2) is 88.7 Å². The lowest BCUT2D eigenvalue weighted by atomic mass is 9.93. The number of ether oxygens (including phenoxy) is 1. The Balaban J connectivity index is 0.00000496. The van der Waals surface area contributed by atoms with Crippen molar-refractivity contribution in [2.75, 3.05) is 49.1 Å². The molecule has 57 heavy (non-hydrogen) atoms. The molecule has 3 aliphatic heterocycles. The van der Waals surface area contributed by atoms with E-state index in [-0.39, 0.29) is 55.4 Å². The van der Waals surface area contributed by atoms with Gasteiger partial charge in [0.1, 0.15) is 29.1 Å². The van der Waals surface area contributed by atoms with Crippen LogP contribution in [0.5, 0.6) is 5.75 Å². The van der Waals surface area contributed by atoms with Gasteiger partial charge < -0.3 is 24.4 Å². The lowest BCUT2D eigenvalue weighted by Crippen LogP contribution is -2.49. The van der Waals surface area contributed by atoms with Crippen molar-refractivity contribution in [1.82, 2.24) is 30.1 Å². The Morgan fingerprint density at radius 1 is 0.965 bits per heavy atom. The summed E-state index contributed by atoms with van der Waals surface area (Å²) in [5.41, 5.74) is 1.99. The van der Waals surface area contributed by atoms with Crippen molar-refractivity contribution in [2.24, 2.45) is 5.92 Å². The molecule has 0 radical (unpaired) electrons. The summed E-state index contributed by atoms with van der Waals surface area (Å²) in [7, 11) is 0. The normalized spacial score (nSPS) is 21.1. The first-order valence-corrected chi connectivity index (χ1v) is 20.0. The maximum Gasteiger partial charge on any atom is 0.328 e. The molecular formula is C41H46Cl2FN9O4. The fourth-order valence-corrected chi connectivity index (χ4v) is 8.89. The maximum atomic E-state index is 14.9. The number of nitrogens with one attached hydrogen (secondary N) is 2. The van der Waals surface area contributed by atoms with Gasteiger partial charge in [-0.25, -0.2) is 19.2 Å². The van der Waals surface area contributed by atoms with Crippen molar-refractivity contribution in [3.8, 4) is 11.8 Å². The number of piperidine rings is 2. The van der Waals surface area contributed by atoms with E-state index in [1.165, 1.54) is 11.0 Å². The molecule has 5 heterocycles. The van der Waals surface area contributed by atoms with Gasteiger partial charge in [0.05, 0.1) is 40.3 Å². The lowest BCUT2D eigenvalue weighted by Gasteiger charge is -2.38. The quantitative estimate of drug-likeness (QED) is 0.190. The van der Waals surface area contributed by atoms with Crippen LogP contribution in [0.1, 0.15) is 79.9 Å². The van der Waals surface area contributed by atoms with E-state index in [1.54, 1.807) is 36.7 Å². The molecular weight excluding hydrogens is 772 g/mol. The third kappa shape index (κ3) is 9.11. The first kappa shape index (κ1) is 40.2. The zero-order chi connectivity index (χ0) is 38.8. The summed E-state index contributed by atoms with van der Waals surface area (Å²) in [6.45, 7) is 4.95. The zero-order valence-electron chi connectivity index (χ0n) is 31.5. The molecule has 4 fully saturated rings. The molecule has 0 spiro atoms. The number of carbonyl (C=O) groups excluding carboxylic acids is 3. The number of anilines is 2. The van der Waals surface area contributed by atoms with Crippen molar-refractivity contribution < 1.29 is 23.5 Å². The second kappa shape index (κ2) is 17.7. The van der Waals surface area contributed by atoms with Crippen LogP contribution in [0.2, 0.25) is 5.02 Å². The summed E-state index contributed by atoms with van der Waals surface area (Å²) in [6.07, 6.45) is 12.7. The molecule has 1 saturated carbocycles. The van der Waals surface area contributed by atoms with Crippen molar-refractivity contribution >= 4 is 64.3 Å². The zero-order valence-corrected chi connectivity index (χ0v) is 33.1. The average molecular weight is 819 g/mol. The molecule has 2 N–H and O–H groups in total. The number of nitrogens with zero attached hydrogens (tertiary/aromatic N) is 7. The van der Waals surface area contributed by atoms with E-state index >= 15 is 0 Å². The largest absolute Gasteiger partial charge is 0.490 e. The number of urea groups is 1. The molecule has 2 aromatic carbocycles. The van der Waals surface area contributed by atoms with Crippen LogP contribution in [0.25, 0.3) is 10.9 Å². The van der Waals surface area contributed by atoms with Crippen molar-refractivity contribution in [3.05, 3.63) is 77.1 Å². The van der Waals surface area contributed by atoms with Crippen molar-refractivity contribution in [1.29, 1.82) is 5.26 Å². The molecule has 0 unspecified atom stereocenters. The van der Waals surface area contributed by atoms with Gasteiger partial charge in [0.2, 0.25) is 5.91 Å². The Morgan fingerprint density at radius 2 is 1.74 bits per heavy atom. The summed E-state index contributed by atoms with van der Waals surface area (Å²) < 4.78 is 23.1. The molecule has 0 atom stereocenters. The highest BCUT2D eigenvalue weighted by Gasteiger charge is 2.30. The molecule has 300 valence electrons. The van der Waals surface area contributed by atoms with Crippen molar-refractivity contribution in [3.63, 3.8) is 0 Å². The number of amides is 4. The minimum Gasteiger partial charge on any atom is -0.490 e. The van der Waals surface area contributed by atoms with E-state index < -0.39 is 11.8 Å². The fraction of sp³-hybridized carbons (Fsp3) is 0.463. The van der Waals surface area contributed by atoms with Gasteiger partial charge in [-0.15, -0.1) is 12.4 Å². The lowest BCUT2D eigenvalue weighted by molar-refractivity contribution is -0.120. The molecule has 4 aromatic rings. The highest BCUT2D eigenvalue weighted by atomic mass is 35.5. The van der Waals surface area contributed by atoms with Gasteiger partial charge in [0.15, 0.2) is 0 Å². The van der Waals surface area contributed by atoms with Crippen LogP contribution in [-0.2, 0) is 4.79 Å². The van der Waals surface area contributed by atoms with Crippen LogP contribution < -0.4 is 25.2 Å². The van der Waals surface area contributed by atoms with E-state index in [4.69, 9.17) is 21.6 Å². The van der Waals surface area contributed by atoms with Gasteiger partial charge in [-0.2, -0.15) is 5.26 Å². The Hall–Kier alpha value is -4.97. The number of rotatable bonds is 9. The van der Waals surface area contributed by atoms with E-state index in [9.17, 15) is 18.8 Å². The summed E-state index contributed by atoms with van der Waals surface area (Å²) in [5.74, 6) is 1.07. The smallest absolute Gasteiger partial charge is 0.328 e. The average Bonchev–Trinajstić information content (AvgIpc) is 3.63. The first-order chi connectivity index (χ1) is 27.2. The van der Waals surface area contributed by atoms with Crippen LogP contribution in [0.3, 0.4) is 0 Å². The summed E-state index contributed by atoms with van der Waals surface area (Å²) in [5, 5.41) is 15.7. The number of hydrogen-bond donors (Lipinski definition) is 2. The SMILES string of the molecule is Cl.N#Cc1ccc(OC2CCC(NC(=O)c3cnc(N4CCC(CN5CCC(n6ccc7c(N8CCC(=O)NC8=O)cc(F)cc76)CC5)CC4)cn3)CC2)cc1Cl. The van der Waals surface area contributed by atoms with E-state index in [0.717, 1.165) is 101 Å². The summed E-state index contributed by atoms with van der Waals surface area (Å²) in [6, 6.07) is 11.8. The number of hydrogen-bond acceptors (Lipinski definition) is 9. The molecule has 13 nitrogen and oxygen atoms in total. The number of carbonyl (C=O) groups is 3. The molecule has 8 rings (SSSR count). The number of likely N-dealkylation sites (tertiary alicyclic amines) is 1. The standard InChI is InChI=1S/C41H45ClFN9O4.ClH/c42-34-21-32(4-1-27(34)22-44)56-31-5-2-29(3-6-31)47-40(54)35-23-46-38(24-45-35)50-15-7-26(8-16-50)25-49-13-9-30(10-14-49)51-17-11-33-36(51)19-28(43)20-37(33)52-18-12-39(53)48-41(52)55;/h1,4,11,17,19-21,23-24,26,29-31H,2-3,5-10,12-16,18,25H2,(H,47,54)(H,48,53,55);1H. The van der Waals surface area contributed by atoms with Gasteiger partial charge in [-0.05, 0) is 87.6 Å². The fourth-order valence-electron chi connectivity index (χ4n) is 8.67. The van der Waals surface area contributed by atoms with Gasteiger partial charge in [0.25, 0.3) is 5.91 Å². The Kier molecular flexibility index (Phi) is 12.5. The second-order valence-corrected chi connectivity index (χ2v) is 15.8. The van der Waals surface area contributed by atoms with Crippen LogP contribution in [0, 0.1) is 23.1 Å². The number of aromatic nitrogens is 3. The topological polar surface area (TPSA) is 149 Å². The monoisotopic (exact) mass is 817 g/mol. The highest BCUT2D eigenvalue weighted by Crippen LogP contribution is 2.35. The summed E-state index contributed by atoms with van der Waals surface area (Å²) in [4.78, 5) is 52.6. The predicted octanol–water partition coefficient (Wildman–Crippen LogP) is 6.64. The molecule has 4 amide bonds. The summed E-state index contributed by atoms with van der Waals surface area (Å²) >= 11 is 6.15. The van der Waals surface area contributed by atoms with Crippen molar-refractivity contribution in [2.45, 2.75) is 76.0 Å². The Morgan fingerprint density at radius 3 is 2.42 bits per heavy atom. The van der Waals surface area contributed by atoms with E-state index in [0.29, 0.717) is 33.6 Å². The number of imide groups is 1. The highest BCUT2D eigenvalue weighted by molar-refractivity contribution is 6.31. The van der Waals surface area contributed by atoms with E-state index in [1.807, 2.05) is 12.3 Å². The second-order valence-electron chi connectivity index (χ2n) is 15.4.